The van der Waals surface area contributed by atoms with Gasteiger partial charge in [0.15, 0.2) is 5.78 Å². The van der Waals surface area contributed by atoms with E-state index in [0.29, 0.717) is 5.56 Å². The Labute approximate surface area is 120 Å². The summed E-state index contributed by atoms with van der Waals surface area (Å²) in [5, 5.41) is 17.0. The van der Waals surface area contributed by atoms with Crippen molar-refractivity contribution in [3.63, 3.8) is 0 Å². The highest BCUT2D eigenvalue weighted by Gasteiger charge is 2.25. The van der Waals surface area contributed by atoms with Crippen LogP contribution >= 0.6 is 11.8 Å². The van der Waals surface area contributed by atoms with Crippen LogP contribution in [0.15, 0.2) is 24.5 Å². The van der Waals surface area contributed by atoms with Crippen molar-refractivity contribution >= 4 is 29.5 Å². The lowest BCUT2D eigenvalue weighted by Crippen LogP contribution is -2.23. The topological polar surface area (TPSA) is 105 Å². The van der Waals surface area contributed by atoms with Gasteiger partial charge in [0.05, 0.1) is 11.7 Å². The summed E-state index contributed by atoms with van der Waals surface area (Å²) in [5.74, 6) is -3.02. The number of aromatic nitrogens is 1. The Kier molecular flexibility index (Phi) is 6.17. The maximum Gasteiger partial charge on any atom is 0.316 e. The summed E-state index contributed by atoms with van der Waals surface area (Å²) in [6.45, 7) is 1.50. The van der Waals surface area contributed by atoms with E-state index >= 15 is 0 Å². The van der Waals surface area contributed by atoms with Crippen LogP contribution in [0.3, 0.4) is 0 Å². The molecule has 7 heteroatoms. The summed E-state index contributed by atoms with van der Waals surface area (Å²) >= 11 is 1.05. The van der Waals surface area contributed by atoms with Gasteiger partial charge in [0, 0.05) is 29.6 Å². The van der Waals surface area contributed by atoms with E-state index in [0.717, 1.165) is 11.8 Å². The lowest BCUT2D eigenvalue weighted by Gasteiger charge is -2.14. The molecular formula is C13H15NO5S. The van der Waals surface area contributed by atoms with Gasteiger partial charge in [0.1, 0.15) is 0 Å². The number of aliphatic carboxylic acids is 2. The second-order valence-corrected chi connectivity index (χ2v) is 5.59. The molecule has 0 amide bonds. The Morgan fingerprint density at radius 1 is 1.35 bits per heavy atom. The molecule has 0 bridgehead atoms. The third-order valence-corrected chi connectivity index (χ3v) is 3.93. The number of nitrogens with zero attached hydrogens (tertiary/aromatic N) is 1. The van der Waals surface area contributed by atoms with Gasteiger partial charge in [-0.2, -0.15) is 0 Å². The number of Topliss-reactive ketones (excluding diaryl/α,β-unsaturated/α-hetero) is 1. The number of ketones is 1. The molecule has 1 rings (SSSR count). The highest BCUT2D eigenvalue weighted by Crippen LogP contribution is 2.21. The molecule has 1 aromatic heterocycles. The van der Waals surface area contributed by atoms with Crippen LogP contribution in [0.5, 0.6) is 0 Å². The van der Waals surface area contributed by atoms with E-state index < -0.39 is 23.1 Å². The molecule has 1 aromatic rings. The molecule has 0 radical (unpaired) electrons. The molecule has 0 aromatic carbocycles. The highest BCUT2D eigenvalue weighted by atomic mass is 32.2. The molecule has 0 aliphatic carbocycles. The number of carboxylic acids is 2. The van der Waals surface area contributed by atoms with Crippen LogP contribution in [0.25, 0.3) is 0 Å². The number of hydrogen-bond acceptors (Lipinski definition) is 5. The molecule has 6 nitrogen and oxygen atoms in total. The third-order valence-electron chi connectivity index (χ3n) is 2.63. The molecule has 108 valence electrons. The summed E-state index contributed by atoms with van der Waals surface area (Å²) in [5.41, 5.74) is 0.335. The van der Waals surface area contributed by atoms with E-state index in [9.17, 15) is 14.4 Å². The molecule has 0 saturated heterocycles. The smallest absolute Gasteiger partial charge is 0.316 e. The van der Waals surface area contributed by atoms with Crippen molar-refractivity contribution in [1.29, 1.82) is 0 Å². The van der Waals surface area contributed by atoms with Crippen molar-refractivity contribution in [2.75, 3.05) is 5.75 Å². The Morgan fingerprint density at radius 2 is 2.05 bits per heavy atom. The van der Waals surface area contributed by atoms with E-state index in [4.69, 9.17) is 10.2 Å². The molecule has 0 spiro atoms. The standard InChI is InChI=1S/C13H15NO5S/c1-8(13(18)19)20-7-10(5-11(15)16)12(17)9-3-2-4-14-6-9/h2-4,6,8,10H,5,7H2,1H3,(H,15,16)(H,18,19). The minimum Gasteiger partial charge on any atom is -0.481 e. The first-order valence-corrected chi connectivity index (χ1v) is 6.97. The summed E-state index contributed by atoms with van der Waals surface area (Å²) in [4.78, 5) is 37.6. The van der Waals surface area contributed by atoms with Gasteiger partial charge in [-0.15, -0.1) is 11.8 Å². The lowest BCUT2D eigenvalue weighted by molar-refractivity contribution is -0.138. The average molecular weight is 297 g/mol. The van der Waals surface area contributed by atoms with Crippen molar-refractivity contribution < 1.29 is 24.6 Å². The first kappa shape index (κ1) is 16.2. The maximum absolute atomic E-state index is 12.2. The Hall–Kier alpha value is -1.89. The fourth-order valence-electron chi connectivity index (χ4n) is 1.51. The minimum atomic E-state index is -1.09. The van der Waals surface area contributed by atoms with Crippen LogP contribution < -0.4 is 0 Å². The zero-order valence-corrected chi connectivity index (χ0v) is 11.7. The molecule has 2 atom stereocenters. The largest absolute Gasteiger partial charge is 0.481 e. The normalized spacial score (nSPS) is 13.4. The second kappa shape index (κ2) is 7.64. The number of carbonyl (C=O) groups is 3. The maximum atomic E-state index is 12.2. The first-order chi connectivity index (χ1) is 9.41. The van der Waals surface area contributed by atoms with Gasteiger partial charge in [-0.3, -0.25) is 19.4 Å². The van der Waals surface area contributed by atoms with E-state index in [-0.39, 0.29) is 18.0 Å². The predicted molar refractivity (Wildman–Crippen MR) is 73.9 cm³/mol. The summed E-state index contributed by atoms with van der Waals surface area (Å²) < 4.78 is 0. The van der Waals surface area contributed by atoms with Crippen LogP contribution in [0.4, 0.5) is 0 Å². The van der Waals surface area contributed by atoms with Crippen LogP contribution in [0.2, 0.25) is 0 Å². The number of thioether (sulfide) groups is 1. The van der Waals surface area contributed by atoms with E-state index in [1.165, 1.54) is 19.3 Å². The summed E-state index contributed by atoms with van der Waals surface area (Å²) in [6, 6.07) is 3.16. The summed E-state index contributed by atoms with van der Waals surface area (Å²) in [6.07, 6.45) is 2.57. The Morgan fingerprint density at radius 3 is 2.55 bits per heavy atom. The third kappa shape index (κ3) is 5.00. The molecule has 0 aliphatic rings. The molecule has 1 heterocycles. The summed E-state index contributed by atoms with van der Waals surface area (Å²) in [7, 11) is 0. The number of carbonyl (C=O) groups excluding carboxylic acids is 1. The van der Waals surface area contributed by atoms with Gasteiger partial charge in [0.25, 0.3) is 0 Å². The average Bonchev–Trinajstić information content (AvgIpc) is 2.42. The van der Waals surface area contributed by atoms with Gasteiger partial charge < -0.3 is 10.2 Å². The van der Waals surface area contributed by atoms with Crippen LogP contribution in [0.1, 0.15) is 23.7 Å². The van der Waals surface area contributed by atoms with Gasteiger partial charge in [-0.25, -0.2) is 0 Å². The zero-order valence-electron chi connectivity index (χ0n) is 10.9. The highest BCUT2D eigenvalue weighted by molar-refractivity contribution is 8.00. The fourth-order valence-corrected chi connectivity index (χ4v) is 2.45. The van der Waals surface area contributed by atoms with E-state index in [1.54, 1.807) is 12.1 Å². The Balaban J connectivity index is 2.76. The van der Waals surface area contributed by atoms with Crippen LogP contribution in [0, 0.1) is 5.92 Å². The van der Waals surface area contributed by atoms with Crippen molar-refractivity contribution in [1.82, 2.24) is 4.98 Å². The number of hydrogen-bond donors (Lipinski definition) is 2. The number of carboxylic acid groups (broad SMARTS) is 2. The molecule has 2 unspecified atom stereocenters. The van der Waals surface area contributed by atoms with Crippen LogP contribution in [-0.4, -0.2) is 43.9 Å². The van der Waals surface area contributed by atoms with Crippen molar-refractivity contribution in [2.24, 2.45) is 5.92 Å². The van der Waals surface area contributed by atoms with Crippen molar-refractivity contribution in [3.8, 4) is 0 Å². The van der Waals surface area contributed by atoms with Gasteiger partial charge in [0.2, 0.25) is 0 Å². The zero-order chi connectivity index (χ0) is 15.1. The monoisotopic (exact) mass is 297 g/mol. The van der Waals surface area contributed by atoms with E-state index in [2.05, 4.69) is 4.98 Å². The number of rotatable bonds is 8. The van der Waals surface area contributed by atoms with Gasteiger partial charge >= 0.3 is 11.9 Å². The minimum absolute atomic E-state index is 0.146. The molecule has 0 saturated carbocycles. The quantitative estimate of drug-likeness (QED) is 0.701. The molecule has 0 fully saturated rings. The van der Waals surface area contributed by atoms with E-state index in [1.807, 2.05) is 0 Å². The Bertz CT molecular complexity index is 491. The number of pyridine rings is 1. The molecule has 20 heavy (non-hydrogen) atoms. The van der Waals surface area contributed by atoms with Crippen molar-refractivity contribution in [2.45, 2.75) is 18.6 Å². The molecule has 0 aliphatic heterocycles. The molecular weight excluding hydrogens is 282 g/mol. The van der Waals surface area contributed by atoms with Crippen molar-refractivity contribution in [3.05, 3.63) is 30.1 Å². The van der Waals surface area contributed by atoms with Crippen LogP contribution in [-0.2, 0) is 9.59 Å². The van der Waals surface area contributed by atoms with Gasteiger partial charge in [-0.05, 0) is 19.1 Å². The fraction of sp³-hybridized carbons (Fsp3) is 0.385. The first-order valence-electron chi connectivity index (χ1n) is 5.92. The lowest BCUT2D eigenvalue weighted by atomic mass is 9.97. The molecule has 2 N–H and O–H groups in total. The van der Waals surface area contributed by atoms with Gasteiger partial charge in [-0.1, -0.05) is 0 Å². The SMILES string of the molecule is CC(SCC(CC(=O)O)C(=O)c1cccnc1)C(=O)O. The predicted octanol–water partition coefficient (Wildman–Crippen LogP) is 1.56. The second-order valence-electron chi connectivity index (χ2n) is 4.21.